The van der Waals surface area contributed by atoms with Crippen LogP contribution in [0, 0.1) is 22.2 Å². The largest absolute Gasteiger partial charge is 0.465 e. The fourth-order valence-corrected chi connectivity index (χ4v) is 1.88. The van der Waals surface area contributed by atoms with E-state index in [4.69, 9.17) is 14.2 Å². The molecular formula is C21H40O5. The highest BCUT2D eigenvalue weighted by molar-refractivity contribution is 5.75. The van der Waals surface area contributed by atoms with E-state index in [1.165, 1.54) is 0 Å². The molecule has 0 saturated carbocycles. The molecule has 154 valence electrons. The fourth-order valence-electron chi connectivity index (χ4n) is 1.88. The lowest BCUT2D eigenvalue weighted by Crippen LogP contribution is -2.27. The van der Waals surface area contributed by atoms with Gasteiger partial charge in [0.1, 0.15) is 0 Å². The Bertz CT molecular complexity index is 435. The van der Waals surface area contributed by atoms with Crippen molar-refractivity contribution >= 4 is 11.9 Å². The molecule has 26 heavy (non-hydrogen) atoms. The van der Waals surface area contributed by atoms with Gasteiger partial charge in [-0.3, -0.25) is 9.59 Å². The van der Waals surface area contributed by atoms with E-state index < -0.39 is 10.8 Å². The van der Waals surface area contributed by atoms with Crippen molar-refractivity contribution in [1.82, 2.24) is 0 Å². The van der Waals surface area contributed by atoms with Crippen LogP contribution in [0.1, 0.15) is 75.2 Å². The first kappa shape index (κ1) is 24.9. The van der Waals surface area contributed by atoms with E-state index in [1.54, 1.807) is 0 Å². The van der Waals surface area contributed by atoms with Gasteiger partial charge in [-0.2, -0.15) is 0 Å². The number of hydrogen-bond acceptors (Lipinski definition) is 5. The first-order valence-corrected chi connectivity index (χ1v) is 9.55. The molecule has 0 heterocycles. The van der Waals surface area contributed by atoms with Gasteiger partial charge >= 0.3 is 11.9 Å². The summed E-state index contributed by atoms with van der Waals surface area (Å²) in [4.78, 5) is 23.9. The summed E-state index contributed by atoms with van der Waals surface area (Å²) in [5.74, 6) is -0.328. The molecule has 0 aliphatic carbocycles. The second-order valence-corrected chi connectivity index (χ2v) is 10.3. The van der Waals surface area contributed by atoms with Crippen LogP contribution < -0.4 is 0 Å². The van der Waals surface area contributed by atoms with Crippen molar-refractivity contribution in [3.63, 3.8) is 0 Å². The molecule has 5 heteroatoms. The zero-order valence-electron chi connectivity index (χ0n) is 18.4. The number of carbonyl (C=O) groups excluding carboxylic acids is 2. The smallest absolute Gasteiger partial charge is 0.311 e. The molecule has 0 N–H and O–H groups in total. The number of rotatable bonds is 9. The predicted molar refractivity (Wildman–Crippen MR) is 104 cm³/mol. The topological polar surface area (TPSA) is 61.8 Å². The van der Waals surface area contributed by atoms with Crippen molar-refractivity contribution in [2.45, 2.75) is 75.2 Å². The van der Waals surface area contributed by atoms with Crippen LogP contribution in [0.3, 0.4) is 0 Å². The molecule has 0 fully saturated rings. The summed E-state index contributed by atoms with van der Waals surface area (Å²) in [5, 5.41) is 0. The average Bonchev–Trinajstić information content (AvgIpc) is 2.44. The van der Waals surface area contributed by atoms with Gasteiger partial charge in [-0.1, -0.05) is 20.8 Å². The number of hydrogen-bond donors (Lipinski definition) is 0. The molecule has 0 radical (unpaired) electrons. The van der Waals surface area contributed by atoms with Crippen molar-refractivity contribution in [2.24, 2.45) is 22.2 Å². The third-order valence-electron chi connectivity index (χ3n) is 3.64. The summed E-state index contributed by atoms with van der Waals surface area (Å²) in [6, 6.07) is 0. The Labute approximate surface area is 160 Å². The fraction of sp³-hybridized carbons (Fsp3) is 0.905. The number of carbonyl (C=O) groups is 2. The van der Waals surface area contributed by atoms with Crippen molar-refractivity contribution in [2.75, 3.05) is 26.4 Å². The minimum atomic E-state index is -0.522. The van der Waals surface area contributed by atoms with Crippen LogP contribution in [-0.4, -0.2) is 38.4 Å². The molecule has 0 saturated heterocycles. The average molecular weight is 373 g/mol. The summed E-state index contributed by atoms with van der Waals surface area (Å²) in [6.07, 6.45) is 1.42. The maximum absolute atomic E-state index is 12.0. The van der Waals surface area contributed by atoms with Gasteiger partial charge in [0.25, 0.3) is 0 Å². The van der Waals surface area contributed by atoms with Gasteiger partial charge in [-0.05, 0) is 65.7 Å². The minimum Gasteiger partial charge on any atom is -0.465 e. The molecule has 0 spiro atoms. The van der Waals surface area contributed by atoms with E-state index >= 15 is 0 Å². The van der Waals surface area contributed by atoms with E-state index in [9.17, 15) is 9.59 Å². The summed E-state index contributed by atoms with van der Waals surface area (Å²) < 4.78 is 16.5. The van der Waals surface area contributed by atoms with Crippen molar-refractivity contribution in [3.05, 3.63) is 0 Å². The van der Waals surface area contributed by atoms with Crippen molar-refractivity contribution < 1.29 is 23.8 Å². The van der Waals surface area contributed by atoms with Gasteiger partial charge in [-0.25, -0.2) is 0 Å². The van der Waals surface area contributed by atoms with Crippen LogP contribution in [0.4, 0.5) is 0 Å². The van der Waals surface area contributed by atoms with Crippen LogP contribution >= 0.6 is 0 Å². The predicted octanol–water partition coefficient (Wildman–Crippen LogP) is 4.62. The molecular weight excluding hydrogens is 332 g/mol. The molecule has 0 aromatic rings. The quantitative estimate of drug-likeness (QED) is 0.436. The first-order valence-electron chi connectivity index (χ1n) is 9.55. The zero-order chi connectivity index (χ0) is 20.6. The number of ether oxygens (including phenoxy) is 3. The van der Waals surface area contributed by atoms with Gasteiger partial charge in [0, 0.05) is 6.61 Å². The second-order valence-electron chi connectivity index (χ2n) is 10.3. The van der Waals surface area contributed by atoms with Crippen molar-refractivity contribution in [1.29, 1.82) is 0 Å². The maximum Gasteiger partial charge on any atom is 0.311 e. The highest BCUT2D eigenvalue weighted by Crippen LogP contribution is 2.20. The molecule has 0 aromatic carbocycles. The second kappa shape index (κ2) is 10.3. The molecule has 0 aromatic heterocycles. The molecule has 0 aliphatic heterocycles. The molecule has 0 rings (SSSR count). The Hall–Kier alpha value is -1.10. The van der Waals surface area contributed by atoms with Crippen LogP contribution in [0.15, 0.2) is 0 Å². The van der Waals surface area contributed by atoms with E-state index in [1.807, 2.05) is 41.5 Å². The molecule has 0 aliphatic rings. The number of esters is 2. The lowest BCUT2D eigenvalue weighted by atomic mass is 9.96. The van der Waals surface area contributed by atoms with Gasteiger partial charge < -0.3 is 14.2 Å². The van der Waals surface area contributed by atoms with Gasteiger partial charge in [0.05, 0.1) is 30.7 Å². The molecule has 0 amide bonds. The van der Waals surface area contributed by atoms with Crippen LogP contribution in [0.5, 0.6) is 0 Å². The normalized spacial score (nSPS) is 14.0. The van der Waals surface area contributed by atoms with E-state index in [2.05, 4.69) is 20.8 Å². The first-order chi connectivity index (χ1) is 11.6. The van der Waals surface area contributed by atoms with Gasteiger partial charge in [0.2, 0.25) is 0 Å². The van der Waals surface area contributed by atoms with Crippen molar-refractivity contribution in [3.8, 4) is 0 Å². The van der Waals surface area contributed by atoms with E-state index in [0.717, 1.165) is 6.42 Å². The van der Waals surface area contributed by atoms with E-state index in [-0.39, 0.29) is 23.3 Å². The van der Waals surface area contributed by atoms with Gasteiger partial charge in [-0.15, -0.1) is 0 Å². The van der Waals surface area contributed by atoms with Crippen LogP contribution in [-0.2, 0) is 23.8 Å². The zero-order valence-corrected chi connectivity index (χ0v) is 18.4. The Morgan fingerprint density at radius 1 is 0.731 bits per heavy atom. The summed E-state index contributed by atoms with van der Waals surface area (Å²) in [5.41, 5.74) is -0.910. The highest BCUT2D eigenvalue weighted by Gasteiger charge is 2.25. The lowest BCUT2D eigenvalue weighted by molar-refractivity contribution is -0.157. The third-order valence-corrected chi connectivity index (χ3v) is 3.64. The minimum absolute atomic E-state index is 0.106. The standard InChI is InChI=1S/C21H40O5/c1-19(2,3)15-24-12-10-16(14-26-18(23)21(7,8)9)11-13-25-17(22)20(4,5)6/h16H,10-15H2,1-9H3. The summed E-state index contributed by atoms with van der Waals surface area (Å²) in [6.45, 7) is 19.3. The Morgan fingerprint density at radius 3 is 1.65 bits per heavy atom. The van der Waals surface area contributed by atoms with E-state index in [0.29, 0.717) is 32.8 Å². The molecule has 1 atom stereocenters. The SMILES string of the molecule is CC(C)(C)COCCC(CCOC(=O)C(C)(C)C)COC(=O)C(C)(C)C. The summed E-state index contributed by atoms with van der Waals surface area (Å²) >= 11 is 0. The van der Waals surface area contributed by atoms with Crippen LogP contribution in [0.2, 0.25) is 0 Å². The molecule has 0 bridgehead atoms. The van der Waals surface area contributed by atoms with Gasteiger partial charge in [0.15, 0.2) is 0 Å². The monoisotopic (exact) mass is 372 g/mol. The maximum atomic E-state index is 12.0. The Balaban J connectivity index is 4.48. The summed E-state index contributed by atoms with van der Waals surface area (Å²) in [7, 11) is 0. The Morgan fingerprint density at radius 2 is 1.19 bits per heavy atom. The third kappa shape index (κ3) is 12.3. The lowest BCUT2D eigenvalue weighted by Gasteiger charge is -2.23. The highest BCUT2D eigenvalue weighted by atomic mass is 16.5. The molecule has 5 nitrogen and oxygen atoms in total. The molecule has 1 unspecified atom stereocenters. The Kier molecular flexibility index (Phi) is 9.85. The van der Waals surface area contributed by atoms with Crippen LogP contribution in [0.25, 0.3) is 0 Å².